The molecule has 1 aromatic carbocycles. The Morgan fingerprint density at radius 3 is 2.25 bits per heavy atom. The molecular weight excluding hydrogens is 351 g/mol. The summed E-state index contributed by atoms with van der Waals surface area (Å²) in [4.78, 5) is 8.87. The SMILES string of the molecule is CCCCCCCCOc1cnc(-c2ccc(CCCCC(C)F)cc2)nc1. The smallest absolute Gasteiger partial charge is 0.159 e. The number of alkyl halides is 1. The van der Waals surface area contributed by atoms with Gasteiger partial charge in [0.15, 0.2) is 11.6 Å². The highest BCUT2D eigenvalue weighted by Gasteiger charge is 2.04. The molecule has 0 aliphatic heterocycles. The summed E-state index contributed by atoms with van der Waals surface area (Å²) in [7, 11) is 0. The lowest BCUT2D eigenvalue weighted by molar-refractivity contribution is 0.302. The van der Waals surface area contributed by atoms with Crippen molar-refractivity contribution < 1.29 is 9.13 Å². The fraction of sp³-hybridized carbons (Fsp3) is 0.583. The zero-order valence-electron chi connectivity index (χ0n) is 17.5. The minimum Gasteiger partial charge on any atom is -0.490 e. The minimum atomic E-state index is -0.697. The molecule has 2 aromatic rings. The van der Waals surface area contributed by atoms with Crippen LogP contribution in [-0.2, 0) is 6.42 Å². The Labute approximate surface area is 169 Å². The van der Waals surface area contributed by atoms with Gasteiger partial charge in [0.1, 0.15) is 0 Å². The number of aromatic nitrogens is 2. The first-order valence-corrected chi connectivity index (χ1v) is 10.9. The molecule has 0 fully saturated rings. The number of unbranched alkanes of at least 4 members (excludes halogenated alkanes) is 6. The molecule has 0 aliphatic carbocycles. The molecule has 3 nitrogen and oxygen atoms in total. The van der Waals surface area contributed by atoms with E-state index in [9.17, 15) is 4.39 Å². The lowest BCUT2D eigenvalue weighted by Crippen LogP contribution is -1.99. The third kappa shape index (κ3) is 8.81. The lowest BCUT2D eigenvalue weighted by atomic mass is 10.0. The number of halogens is 1. The zero-order valence-corrected chi connectivity index (χ0v) is 17.5. The highest BCUT2D eigenvalue weighted by atomic mass is 19.1. The number of rotatable bonds is 14. The Balaban J connectivity index is 1.72. The first-order valence-electron chi connectivity index (χ1n) is 10.9. The fourth-order valence-corrected chi connectivity index (χ4v) is 3.19. The summed E-state index contributed by atoms with van der Waals surface area (Å²) < 4.78 is 18.6. The van der Waals surface area contributed by atoms with Gasteiger partial charge in [0.05, 0.1) is 25.2 Å². The van der Waals surface area contributed by atoms with Gasteiger partial charge in [-0.3, -0.25) is 0 Å². The number of aryl methyl sites for hydroxylation is 1. The maximum absolute atomic E-state index is 12.8. The van der Waals surface area contributed by atoms with Crippen molar-refractivity contribution >= 4 is 0 Å². The number of hydrogen-bond acceptors (Lipinski definition) is 3. The predicted molar refractivity (Wildman–Crippen MR) is 114 cm³/mol. The third-order valence-corrected chi connectivity index (χ3v) is 4.92. The fourth-order valence-electron chi connectivity index (χ4n) is 3.19. The largest absolute Gasteiger partial charge is 0.490 e. The van der Waals surface area contributed by atoms with Crippen LogP contribution in [0.3, 0.4) is 0 Å². The van der Waals surface area contributed by atoms with E-state index in [1.54, 1.807) is 19.3 Å². The second kappa shape index (κ2) is 13.2. The van der Waals surface area contributed by atoms with E-state index in [0.29, 0.717) is 12.2 Å². The van der Waals surface area contributed by atoms with Crippen molar-refractivity contribution in [2.75, 3.05) is 6.61 Å². The summed E-state index contributed by atoms with van der Waals surface area (Å²) in [5.41, 5.74) is 2.28. The summed E-state index contributed by atoms with van der Waals surface area (Å²) >= 11 is 0. The van der Waals surface area contributed by atoms with Crippen LogP contribution in [0.15, 0.2) is 36.7 Å². The molecule has 2 rings (SSSR count). The topological polar surface area (TPSA) is 35.0 Å². The third-order valence-electron chi connectivity index (χ3n) is 4.92. The van der Waals surface area contributed by atoms with E-state index >= 15 is 0 Å². The molecule has 28 heavy (non-hydrogen) atoms. The highest BCUT2D eigenvalue weighted by Crippen LogP contribution is 2.19. The summed E-state index contributed by atoms with van der Waals surface area (Å²) in [6.45, 7) is 4.59. The van der Waals surface area contributed by atoms with Crippen molar-refractivity contribution in [2.45, 2.75) is 84.2 Å². The van der Waals surface area contributed by atoms with E-state index in [2.05, 4.69) is 41.2 Å². The van der Waals surface area contributed by atoms with Gasteiger partial charge in [0.2, 0.25) is 0 Å². The van der Waals surface area contributed by atoms with Crippen molar-refractivity contribution in [3.63, 3.8) is 0 Å². The van der Waals surface area contributed by atoms with Crippen LogP contribution in [-0.4, -0.2) is 22.7 Å². The highest BCUT2D eigenvalue weighted by molar-refractivity contribution is 5.55. The van der Waals surface area contributed by atoms with E-state index in [4.69, 9.17) is 4.74 Å². The molecule has 0 radical (unpaired) electrons. The predicted octanol–water partition coefficient (Wildman–Crippen LogP) is 6.95. The standard InChI is InChI=1S/C24H35FN2O/c1-3-4-5-6-7-10-17-28-23-18-26-24(27-19-23)22-15-13-21(14-16-22)12-9-8-11-20(2)25/h13-16,18-20H,3-12,17H2,1-2H3. The van der Waals surface area contributed by atoms with Crippen LogP contribution in [0.2, 0.25) is 0 Å². The summed E-state index contributed by atoms with van der Waals surface area (Å²) in [5.74, 6) is 1.45. The van der Waals surface area contributed by atoms with Crippen molar-refractivity contribution in [2.24, 2.45) is 0 Å². The van der Waals surface area contributed by atoms with Crippen molar-refractivity contribution in [1.82, 2.24) is 9.97 Å². The van der Waals surface area contributed by atoms with E-state index in [1.165, 1.54) is 37.7 Å². The molecule has 0 N–H and O–H groups in total. The van der Waals surface area contributed by atoms with E-state index in [1.807, 2.05) is 0 Å². The van der Waals surface area contributed by atoms with E-state index in [0.717, 1.165) is 43.6 Å². The molecule has 0 saturated heterocycles. The van der Waals surface area contributed by atoms with Gasteiger partial charge in [-0.15, -0.1) is 0 Å². The van der Waals surface area contributed by atoms with Gasteiger partial charge >= 0.3 is 0 Å². The quantitative estimate of drug-likeness (QED) is 0.329. The molecule has 1 unspecified atom stereocenters. The van der Waals surface area contributed by atoms with Crippen molar-refractivity contribution in [1.29, 1.82) is 0 Å². The van der Waals surface area contributed by atoms with Crippen LogP contribution < -0.4 is 4.74 Å². The van der Waals surface area contributed by atoms with Crippen LogP contribution >= 0.6 is 0 Å². The van der Waals surface area contributed by atoms with Gasteiger partial charge in [0, 0.05) is 5.56 Å². The molecule has 0 amide bonds. The molecule has 154 valence electrons. The molecule has 1 aromatic heterocycles. The molecule has 0 aliphatic rings. The average Bonchev–Trinajstić information content (AvgIpc) is 2.71. The molecule has 0 bridgehead atoms. The van der Waals surface area contributed by atoms with Gasteiger partial charge in [0.25, 0.3) is 0 Å². The maximum atomic E-state index is 12.8. The number of benzene rings is 1. The Morgan fingerprint density at radius 1 is 0.893 bits per heavy atom. The molecule has 0 saturated carbocycles. The van der Waals surface area contributed by atoms with Crippen LogP contribution in [0.25, 0.3) is 11.4 Å². The Bertz CT molecular complexity index is 641. The minimum absolute atomic E-state index is 0.652. The Morgan fingerprint density at radius 2 is 1.57 bits per heavy atom. The van der Waals surface area contributed by atoms with E-state index < -0.39 is 6.17 Å². The molecule has 1 atom stereocenters. The Hall–Kier alpha value is -1.97. The average molecular weight is 387 g/mol. The van der Waals surface area contributed by atoms with Gasteiger partial charge < -0.3 is 4.74 Å². The van der Waals surface area contributed by atoms with Crippen LogP contribution in [0.4, 0.5) is 4.39 Å². The van der Waals surface area contributed by atoms with Gasteiger partial charge in [-0.05, 0) is 38.2 Å². The molecule has 4 heteroatoms. The van der Waals surface area contributed by atoms with Crippen molar-refractivity contribution in [3.8, 4) is 17.1 Å². The molecule has 0 spiro atoms. The summed E-state index contributed by atoms with van der Waals surface area (Å²) in [6.07, 6.45) is 13.9. The second-order valence-corrected chi connectivity index (χ2v) is 7.58. The van der Waals surface area contributed by atoms with Gasteiger partial charge in [-0.25, -0.2) is 14.4 Å². The normalized spacial score (nSPS) is 12.1. The van der Waals surface area contributed by atoms with Crippen LogP contribution in [0, 0.1) is 0 Å². The van der Waals surface area contributed by atoms with Crippen molar-refractivity contribution in [3.05, 3.63) is 42.2 Å². The summed E-state index contributed by atoms with van der Waals surface area (Å²) in [6, 6.07) is 8.33. The Kier molecular flexibility index (Phi) is 10.6. The van der Waals surface area contributed by atoms with E-state index in [-0.39, 0.29) is 0 Å². The summed E-state index contributed by atoms with van der Waals surface area (Å²) in [5, 5.41) is 0. The number of ether oxygens (including phenoxy) is 1. The van der Waals surface area contributed by atoms with Crippen LogP contribution in [0.1, 0.15) is 77.2 Å². The zero-order chi connectivity index (χ0) is 20.0. The first-order chi connectivity index (χ1) is 13.7. The number of nitrogens with zero attached hydrogens (tertiary/aromatic N) is 2. The first kappa shape index (κ1) is 22.3. The molecular formula is C24H35FN2O. The van der Waals surface area contributed by atoms with Gasteiger partial charge in [-0.1, -0.05) is 69.7 Å². The van der Waals surface area contributed by atoms with Gasteiger partial charge in [-0.2, -0.15) is 0 Å². The monoisotopic (exact) mass is 386 g/mol. The molecule has 1 heterocycles. The lowest BCUT2D eigenvalue weighted by Gasteiger charge is -2.07. The maximum Gasteiger partial charge on any atom is 0.159 e. The number of hydrogen-bond donors (Lipinski definition) is 0. The van der Waals surface area contributed by atoms with Crippen LogP contribution in [0.5, 0.6) is 5.75 Å². The second-order valence-electron chi connectivity index (χ2n) is 7.58.